The van der Waals surface area contributed by atoms with E-state index in [1.165, 1.54) is 0 Å². The molecule has 3 N–H and O–H groups in total. The van der Waals surface area contributed by atoms with Crippen molar-refractivity contribution in [1.82, 2.24) is 35.3 Å². The third kappa shape index (κ3) is 6.66. The van der Waals surface area contributed by atoms with Crippen molar-refractivity contribution in [2.75, 3.05) is 12.4 Å². The summed E-state index contributed by atoms with van der Waals surface area (Å²) in [5, 5.41) is 17.7. The van der Waals surface area contributed by atoms with Crippen LogP contribution in [0.5, 0.6) is 0 Å². The molecule has 0 spiro atoms. The number of hydrogen-bond acceptors (Lipinski definition) is 8. The third-order valence-corrected chi connectivity index (χ3v) is 7.22. The summed E-state index contributed by atoms with van der Waals surface area (Å²) in [6.45, 7) is 11.4. The van der Waals surface area contributed by atoms with Gasteiger partial charge in [0, 0.05) is 55.0 Å². The predicted molar refractivity (Wildman–Crippen MR) is 152 cm³/mol. The maximum absolute atomic E-state index is 13.4. The number of H-pyrrole nitrogens is 1. The molecule has 1 atom stereocenters. The van der Waals surface area contributed by atoms with Crippen LogP contribution in [0.4, 0.5) is 11.6 Å². The van der Waals surface area contributed by atoms with Gasteiger partial charge < -0.3 is 15.4 Å². The monoisotopic (exact) mass is 531 g/mol. The minimum atomic E-state index is -0.888. The average molecular weight is 532 g/mol. The fourth-order valence-electron chi connectivity index (χ4n) is 4.72. The van der Waals surface area contributed by atoms with Gasteiger partial charge in [-0.1, -0.05) is 11.6 Å². The number of aromatic nitrogens is 6. The molecule has 1 aliphatic rings. The summed E-state index contributed by atoms with van der Waals surface area (Å²) in [6.07, 6.45) is 9.87. The van der Waals surface area contributed by atoms with Crippen LogP contribution in [-0.4, -0.2) is 61.3 Å². The quantitative estimate of drug-likeness (QED) is 0.260. The molecule has 0 radical (unpaired) electrons. The first kappa shape index (κ1) is 27.9. The van der Waals surface area contributed by atoms with E-state index in [0.29, 0.717) is 30.3 Å². The second kappa shape index (κ2) is 12.2. The molecule has 0 bridgehead atoms. The Morgan fingerprint density at radius 3 is 2.64 bits per heavy atom. The van der Waals surface area contributed by atoms with Gasteiger partial charge in [0.05, 0.1) is 0 Å². The lowest BCUT2D eigenvalue weighted by molar-refractivity contribution is -0.148. The summed E-state index contributed by atoms with van der Waals surface area (Å²) in [4.78, 5) is 26.9. The molecular weight excluding hydrogens is 494 g/mol. The standard InChI is InChI=1S/C28H37N9O2/c1-18(8-9-25(29-5)37-15-7-14-30-37)21(4)32-27(38)28(39-6)12-10-22(11-13-28)26-31-19(2)16-23(34-26)33-24-17-20(3)35-36-24/h7-9,14-17,21-22H,5,10-13H2,1-4,6H3,(H,32,38)(H2,31,33,34,35,36)/b18-8+,25-9+/t21-,22-,28+/m0/s1. The van der Waals surface area contributed by atoms with Gasteiger partial charge in [-0.15, -0.1) is 0 Å². The molecule has 39 heavy (non-hydrogen) atoms. The minimum absolute atomic E-state index is 0.108. The highest BCUT2D eigenvalue weighted by Gasteiger charge is 2.43. The van der Waals surface area contributed by atoms with Crippen molar-refractivity contribution >= 4 is 30.1 Å². The van der Waals surface area contributed by atoms with Gasteiger partial charge in [-0.05, 0) is 72.2 Å². The fraction of sp³-hybridized carbons (Fsp3) is 0.429. The SMILES string of the molecule is C=N/C(=C\C=C(/C)[C@H](C)NC(=O)[C@]1(OC)CC[C@@H](c2nc(C)cc(Nc3cc(C)[nH]n3)n2)CC1)n1cccn1. The number of amides is 1. The Labute approximate surface area is 228 Å². The maximum atomic E-state index is 13.4. The van der Waals surface area contributed by atoms with Crippen molar-refractivity contribution in [1.29, 1.82) is 0 Å². The highest BCUT2D eigenvalue weighted by Crippen LogP contribution is 2.39. The van der Waals surface area contributed by atoms with Gasteiger partial charge in [0.25, 0.3) is 5.91 Å². The highest BCUT2D eigenvalue weighted by atomic mass is 16.5. The molecule has 4 rings (SSSR count). The van der Waals surface area contributed by atoms with Crippen LogP contribution in [0.15, 0.2) is 53.3 Å². The molecule has 1 amide bonds. The summed E-state index contributed by atoms with van der Waals surface area (Å²) in [5.41, 5.74) is 1.93. The Balaban J connectivity index is 1.39. The number of nitrogens with one attached hydrogen (secondary N) is 3. The third-order valence-electron chi connectivity index (χ3n) is 7.22. The number of carbonyl (C=O) groups excluding carboxylic acids is 1. The van der Waals surface area contributed by atoms with E-state index >= 15 is 0 Å². The molecule has 3 aromatic rings. The Hall–Kier alpha value is -4.12. The highest BCUT2D eigenvalue weighted by molar-refractivity contribution is 5.86. The maximum Gasteiger partial charge on any atom is 0.252 e. The van der Waals surface area contributed by atoms with Gasteiger partial charge in [-0.3, -0.25) is 9.89 Å². The Kier molecular flexibility index (Phi) is 8.70. The fourth-order valence-corrected chi connectivity index (χ4v) is 4.72. The number of aryl methyl sites for hydroxylation is 2. The number of nitrogens with zero attached hydrogens (tertiary/aromatic N) is 6. The summed E-state index contributed by atoms with van der Waals surface area (Å²) in [6, 6.07) is 5.45. The van der Waals surface area contributed by atoms with Gasteiger partial charge in [0.15, 0.2) is 11.6 Å². The molecule has 0 saturated heterocycles. The number of methoxy groups -OCH3 is 1. The molecule has 0 aliphatic heterocycles. The van der Waals surface area contributed by atoms with E-state index in [4.69, 9.17) is 14.7 Å². The molecule has 3 heterocycles. The van der Waals surface area contributed by atoms with E-state index in [1.54, 1.807) is 24.2 Å². The number of aromatic amines is 1. The van der Waals surface area contributed by atoms with Crippen molar-refractivity contribution in [3.63, 3.8) is 0 Å². The Morgan fingerprint density at radius 2 is 2.03 bits per heavy atom. The lowest BCUT2D eigenvalue weighted by atomic mass is 9.77. The molecule has 1 saturated carbocycles. The van der Waals surface area contributed by atoms with E-state index in [1.807, 2.05) is 58.0 Å². The molecule has 0 aromatic carbocycles. The van der Waals surface area contributed by atoms with Crippen LogP contribution in [0.1, 0.15) is 62.7 Å². The van der Waals surface area contributed by atoms with E-state index in [2.05, 4.69) is 37.6 Å². The van der Waals surface area contributed by atoms with Gasteiger partial charge in [-0.25, -0.2) is 19.6 Å². The van der Waals surface area contributed by atoms with Crippen molar-refractivity contribution in [2.24, 2.45) is 4.99 Å². The lowest BCUT2D eigenvalue weighted by Crippen LogP contribution is -2.52. The van der Waals surface area contributed by atoms with Crippen molar-refractivity contribution < 1.29 is 9.53 Å². The predicted octanol–water partition coefficient (Wildman–Crippen LogP) is 4.45. The first-order chi connectivity index (χ1) is 18.7. The van der Waals surface area contributed by atoms with Crippen LogP contribution < -0.4 is 10.6 Å². The number of allylic oxidation sites excluding steroid dienone is 2. The Bertz CT molecular complexity index is 1350. The number of ether oxygens (including phenoxy) is 1. The number of anilines is 2. The van der Waals surface area contributed by atoms with Gasteiger partial charge in [0.2, 0.25) is 0 Å². The van der Waals surface area contributed by atoms with Crippen LogP contribution in [-0.2, 0) is 9.53 Å². The van der Waals surface area contributed by atoms with Crippen LogP contribution >= 0.6 is 0 Å². The van der Waals surface area contributed by atoms with E-state index < -0.39 is 5.60 Å². The molecule has 206 valence electrons. The van der Waals surface area contributed by atoms with Gasteiger partial charge >= 0.3 is 0 Å². The first-order valence-electron chi connectivity index (χ1n) is 13.1. The summed E-state index contributed by atoms with van der Waals surface area (Å²) in [7, 11) is 1.61. The second-order valence-electron chi connectivity index (χ2n) is 10.0. The zero-order valence-corrected chi connectivity index (χ0v) is 23.2. The molecule has 3 aromatic heterocycles. The second-order valence-corrected chi connectivity index (χ2v) is 10.0. The zero-order valence-electron chi connectivity index (χ0n) is 23.2. The van der Waals surface area contributed by atoms with Crippen LogP contribution in [0.3, 0.4) is 0 Å². The molecule has 0 unspecified atom stereocenters. The topological polar surface area (TPSA) is 135 Å². The minimum Gasteiger partial charge on any atom is -0.368 e. The van der Waals surface area contributed by atoms with E-state index in [0.717, 1.165) is 35.6 Å². The summed E-state index contributed by atoms with van der Waals surface area (Å²) in [5.74, 6) is 2.82. The molecule has 11 nitrogen and oxygen atoms in total. The zero-order chi connectivity index (χ0) is 28.0. The Morgan fingerprint density at radius 1 is 1.26 bits per heavy atom. The number of aliphatic imine (C=N–C) groups is 1. The van der Waals surface area contributed by atoms with Crippen molar-refractivity contribution in [3.05, 3.63) is 65.5 Å². The van der Waals surface area contributed by atoms with Crippen LogP contribution in [0, 0.1) is 13.8 Å². The molecule has 1 fully saturated rings. The van der Waals surface area contributed by atoms with Crippen molar-refractivity contribution in [3.8, 4) is 0 Å². The normalized spacial score (nSPS) is 20.9. The van der Waals surface area contributed by atoms with Crippen LogP contribution in [0.25, 0.3) is 5.82 Å². The molecule has 11 heteroatoms. The summed E-state index contributed by atoms with van der Waals surface area (Å²) >= 11 is 0. The smallest absolute Gasteiger partial charge is 0.252 e. The van der Waals surface area contributed by atoms with Crippen LogP contribution in [0.2, 0.25) is 0 Å². The lowest BCUT2D eigenvalue weighted by Gasteiger charge is -2.38. The number of rotatable bonds is 10. The first-order valence-corrected chi connectivity index (χ1v) is 13.1. The average Bonchev–Trinajstić information content (AvgIpc) is 3.60. The van der Waals surface area contributed by atoms with Gasteiger partial charge in [0.1, 0.15) is 17.2 Å². The van der Waals surface area contributed by atoms with E-state index in [9.17, 15) is 4.79 Å². The largest absolute Gasteiger partial charge is 0.368 e. The molecular formula is C28H37N9O2. The van der Waals surface area contributed by atoms with Crippen molar-refractivity contribution in [2.45, 2.75) is 70.9 Å². The van der Waals surface area contributed by atoms with E-state index in [-0.39, 0.29) is 17.9 Å². The number of carbonyl (C=O) groups is 1. The summed E-state index contributed by atoms with van der Waals surface area (Å²) < 4.78 is 7.49. The molecule has 1 aliphatic carbocycles. The number of hydrogen-bond donors (Lipinski definition) is 3. The van der Waals surface area contributed by atoms with Gasteiger partial charge in [-0.2, -0.15) is 10.2 Å².